The van der Waals surface area contributed by atoms with Crippen LogP contribution in [0.2, 0.25) is 0 Å². The van der Waals surface area contributed by atoms with Gasteiger partial charge >= 0.3 is 0 Å². The van der Waals surface area contributed by atoms with Gasteiger partial charge in [-0.3, -0.25) is 0 Å². The van der Waals surface area contributed by atoms with Crippen molar-refractivity contribution in [3.63, 3.8) is 0 Å². The summed E-state index contributed by atoms with van der Waals surface area (Å²) in [5.41, 5.74) is 10.0. The van der Waals surface area contributed by atoms with E-state index in [-0.39, 0.29) is 12.1 Å². The highest BCUT2D eigenvalue weighted by atomic mass is 19.1. The third-order valence-electron chi connectivity index (χ3n) is 4.41. The van der Waals surface area contributed by atoms with E-state index in [9.17, 15) is 9.50 Å². The Labute approximate surface area is 135 Å². The summed E-state index contributed by atoms with van der Waals surface area (Å²) in [5.74, 6) is 0. The molecule has 23 heavy (non-hydrogen) atoms. The Morgan fingerprint density at radius 3 is 2.70 bits per heavy atom. The lowest BCUT2D eigenvalue weighted by molar-refractivity contribution is 0.211. The van der Waals surface area contributed by atoms with E-state index in [1.165, 1.54) is 16.8 Å². The van der Waals surface area contributed by atoms with Gasteiger partial charge in [0.2, 0.25) is 0 Å². The lowest BCUT2D eigenvalue weighted by atomic mass is 9.93. The highest BCUT2D eigenvalue weighted by molar-refractivity contribution is 5.50. The number of anilines is 1. The number of hydrogen-bond donors (Lipinski definition) is 2. The first-order chi connectivity index (χ1) is 11.2. The van der Waals surface area contributed by atoms with Crippen molar-refractivity contribution in [3.05, 3.63) is 77.1 Å². The average Bonchev–Trinajstić information content (AvgIpc) is 2.62. The molecule has 0 bridgehead atoms. The molecule has 1 atom stereocenters. The maximum Gasteiger partial charge on any atom is 0.104 e. The minimum Gasteiger partial charge on any atom is -0.384 e. The molecule has 2 aromatic carbocycles. The van der Waals surface area contributed by atoms with Gasteiger partial charge in [0.1, 0.15) is 6.10 Å². The SMILES string of the molecule is NCC(=CF)C(O)c1ccc2c(c1)CCN(c1ccccc1)C2. The Morgan fingerprint density at radius 1 is 1.22 bits per heavy atom. The molecule has 0 radical (unpaired) electrons. The van der Waals surface area contributed by atoms with Crippen LogP contribution in [-0.4, -0.2) is 18.2 Å². The minimum absolute atomic E-state index is 0.0105. The topological polar surface area (TPSA) is 49.5 Å². The molecule has 0 fully saturated rings. The van der Waals surface area contributed by atoms with Gasteiger partial charge < -0.3 is 15.7 Å². The van der Waals surface area contributed by atoms with Crippen molar-refractivity contribution < 1.29 is 9.50 Å². The van der Waals surface area contributed by atoms with Crippen LogP contribution in [0.4, 0.5) is 10.1 Å². The van der Waals surface area contributed by atoms with Crippen molar-refractivity contribution in [1.29, 1.82) is 0 Å². The number of halogens is 1. The van der Waals surface area contributed by atoms with E-state index < -0.39 is 6.10 Å². The Morgan fingerprint density at radius 2 is 2.00 bits per heavy atom. The van der Waals surface area contributed by atoms with Crippen molar-refractivity contribution in [2.45, 2.75) is 19.1 Å². The number of aliphatic hydroxyl groups excluding tert-OH is 1. The van der Waals surface area contributed by atoms with Gasteiger partial charge in [0, 0.05) is 30.9 Å². The third kappa shape index (κ3) is 3.28. The maximum absolute atomic E-state index is 12.8. The number of benzene rings is 2. The van der Waals surface area contributed by atoms with E-state index in [2.05, 4.69) is 17.0 Å². The molecule has 0 aromatic heterocycles. The molecule has 3 nitrogen and oxygen atoms in total. The number of fused-ring (bicyclic) bond motifs is 1. The van der Waals surface area contributed by atoms with Crippen LogP contribution in [-0.2, 0) is 13.0 Å². The summed E-state index contributed by atoms with van der Waals surface area (Å²) in [6.07, 6.45) is 0.339. The second-order valence-corrected chi connectivity index (χ2v) is 5.83. The highest BCUT2D eigenvalue weighted by Crippen LogP contribution is 2.28. The normalized spacial score (nSPS) is 16.1. The van der Waals surface area contributed by atoms with Crippen LogP contribution in [0.5, 0.6) is 0 Å². The van der Waals surface area contributed by atoms with E-state index in [0.717, 1.165) is 19.5 Å². The predicted octanol–water partition coefficient (Wildman–Crippen LogP) is 3.09. The average molecular weight is 312 g/mol. The molecule has 4 heteroatoms. The van der Waals surface area contributed by atoms with Crippen LogP contribution in [0.25, 0.3) is 0 Å². The quantitative estimate of drug-likeness (QED) is 0.912. The maximum atomic E-state index is 12.8. The van der Waals surface area contributed by atoms with Crippen LogP contribution in [0, 0.1) is 0 Å². The van der Waals surface area contributed by atoms with Gasteiger partial charge in [-0.15, -0.1) is 0 Å². The van der Waals surface area contributed by atoms with Crippen molar-refractivity contribution in [1.82, 2.24) is 0 Å². The first kappa shape index (κ1) is 15.7. The summed E-state index contributed by atoms with van der Waals surface area (Å²) in [6.45, 7) is 1.79. The third-order valence-corrected chi connectivity index (χ3v) is 4.41. The first-order valence-corrected chi connectivity index (χ1v) is 7.82. The summed E-state index contributed by atoms with van der Waals surface area (Å²) < 4.78 is 12.8. The highest BCUT2D eigenvalue weighted by Gasteiger charge is 2.19. The van der Waals surface area contributed by atoms with E-state index in [4.69, 9.17) is 5.73 Å². The van der Waals surface area contributed by atoms with E-state index in [0.29, 0.717) is 11.9 Å². The molecule has 1 aliphatic rings. The van der Waals surface area contributed by atoms with Crippen LogP contribution in [0.3, 0.4) is 0 Å². The summed E-state index contributed by atoms with van der Waals surface area (Å²) in [4.78, 5) is 2.34. The molecular formula is C19H21FN2O. The monoisotopic (exact) mass is 312 g/mol. The van der Waals surface area contributed by atoms with Crippen molar-refractivity contribution in [3.8, 4) is 0 Å². The van der Waals surface area contributed by atoms with Crippen LogP contribution in [0.15, 0.2) is 60.4 Å². The largest absolute Gasteiger partial charge is 0.384 e. The molecular weight excluding hydrogens is 291 g/mol. The Hall–Kier alpha value is -2.17. The van der Waals surface area contributed by atoms with Crippen LogP contribution < -0.4 is 10.6 Å². The van der Waals surface area contributed by atoms with Crippen LogP contribution >= 0.6 is 0 Å². The van der Waals surface area contributed by atoms with E-state index >= 15 is 0 Å². The van der Waals surface area contributed by atoms with Crippen molar-refractivity contribution in [2.24, 2.45) is 5.73 Å². The minimum atomic E-state index is -0.970. The standard InChI is InChI=1S/C19H21FN2O/c20-11-17(12-21)19(23)15-6-7-16-13-22(9-8-14(16)10-15)18-4-2-1-3-5-18/h1-7,10-11,19,23H,8-9,12-13,21H2. The van der Waals surface area contributed by atoms with Gasteiger partial charge in [-0.2, -0.15) is 0 Å². The number of rotatable bonds is 4. The zero-order valence-corrected chi connectivity index (χ0v) is 13.0. The fourth-order valence-corrected chi connectivity index (χ4v) is 3.03. The fraction of sp³-hybridized carbons (Fsp3) is 0.263. The summed E-state index contributed by atoms with van der Waals surface area (Å²) >= 11 is 0. The summed E-state index contributed by atoms with van der Waals surface area (Å²) in [5, 5.41) is 10.2. The zero-order valence-electron chi connectivity index (χ0n) is 13.0. The number of hydrogen-bond acceptors (Lipinski definition) is 3. The molecule has 2 aromatic rings. The number of para-hydroxylation sites is 1. The Balaban J connectivity index is 1.81. The molecule has 0 amide bonds. The molecule has 0 saturated heterocycles. The molecule has 120 valence electrons. The summed E-state index contributed by atoms with van der Waals surface area (Å²) in [7, 11) is 0. The molecule has 1 aliphatic heterocycles. The molecule has 0 aliphatic carbocycles. The molecule has 0 saturated carbocycles. The van der Waals surface area contributed by atoms with Crippen molar-refractivity contribution >= 4 is 5.69 Å². The smallest absolute Gasteiger partial charge is 0.104 e. The summed E-state index contributed by atoms with van der Waals surface area (Å²) in [6, 6.07) is 16.2. The lowest BCUT2D eigenvalue weighted by Gasteiger charge is -2.31. The van der Waals surface area contributed by atoms with E-state index in [1.807, 2.05) is 36.4 Å². The van der Waals surface area contributed by atoms with Gasteiger partial charge in [0.25, 0.3) is 0 Å². The second kappa shape index (κ2) is 6.94. The lowest BCUT2D eigenvalue weighted by Crippen LogP contribution is -2.30. The molecule has 0 spiro atoms. The van der Waals surface area contributed by atoms with E-state index in [1.54, 1.807) is 0 Å². The second-order valence-electron chi connectivity index (χ2n) is 5.83. The fourth-order valence-electron chi connectivity index (χ4n) is 3.03. The zero-order chi connectivity index (χ0) is 16.2. The Kier molecular flexibility index (Phi) is 4.74. The molecule has 3 rings (SSSR count). The van der Waals surface area contributed by atoms with Gasteiger partial charge in [-0.25, -0.2) is 4.39 Å². The number of aliphatic hydroxyl groups is 1. The van der Waals surface area contributed by atoms with Gasteiger partial charge in [-0.1, -0.05) is 36.4 Å². The predicted molar refractivity (Wildman–Crippen MR) is 90.8 cm³/mol. The van der Waals surface area contributed by atoms with Gasteiger partial charge in [-0.05, 0) is 35.2 Å². The number of nitrogens with two attached hydrogens (primary N) is 1. The van der Waals surface area contributed by atoms with Crippen molar-refractivity contribution in [2.75, 3.05) is 18.0 Å². The molecule has 1 unspecified atom stereocenters. The van der Waals surface area contributed by atoms with Gasteiger partial charge in [0.05, 0.1) is 6.33 Å². The molecule has 3 N–H and O–H groups in total. The number of nitrogens with zero attached hydrogens (tertiary/aromatic N) is 1. The Bertz CT molecular complexity index is 700. The molecule has 1 heterocycles. The van der Waals surface area contributed by atoms with Crippen LogP contribution in [0.1, 0.15) is 22.8 Å². The first-order valence-electron chi connectivity index (χ1n) is 7.82. The van der Waals surface area contributed by atoms with Gasteiger partial charge in [0.15, 0.2) is 0 Å².